The van der Waals surface area contributed by atoms with Crippen molar-refractivity contribution >= 4 is 46.7 Å². The maximum absolute atomic E-state index is 12.6. The maximum Gasteiger partial charge on any atom is 0.288 e. The summed E-state index contributed by atoms with van der Waals surface area (Å²) in [4.78, 5) is 27.2. The smallest absolute Gasteiger partial charge is 0.288 e. The Labute approximate surface area is 152 Å². The molecule has 25 heavy (non-hydrogen) atoms. The Kier molecular flexibility index (Phi) is 5.60. The minimum Gasteiger partial charge on any atom is -0.324 e. The summed E-state index contributed by atoms with van der Waals surface area (Å²) in [5, 5.41) is 2.62. The van der Waals surface area contributed by atoms with Gasteiger partial charge in [-0.2, -0.15) is 8.78 Å². The minimum absolute atomic E-state index is 0.158. The second-order valence-corrected chi connectivity index (χ2v) is 7.21. The Balaban J connectivity index is 1.75. The van der Waals surface area contributed by atoms with Crippen molar-refractivity contribution in [3.05, 3.63) is 48.5 Å². The van der Waals surface area contributed by atoms with Gasteiger partial charge in [0.2, 0.25) is 11.8 Å². The number of hydrogen-bond donors (Lipinski definition) is 1. The molecule has 0 fully saturated rings. The van der Waals surface area contributed by atoms with Crippen LogP contribution in [-0.4, -0.2) is 29.9 Å². The van der Waals surface area contributed by atoms with Gasteiger partial charge in [0, 0.05) is 9.79 Å². The van der Waals surface area contributed by atoms with Crippen molar-refractivity contribution in [1.82, 2.24) is 0 Å². The molecule has 0 aromatic heterocycles. The van der Waals surface area contributed by atoms with Crippen LogP contribution in [0, 0.1) is 0 Å². The second kappa shape index (κ2) is 7.88. The molecule has 0 spiro atoms. The van der Waals surface area contributed by atoms with Crippen LogP contribution in [-0.2, 0) is 9.59 Å². The lowest BCUT2D eigenvalue weighted by Gasteiger charge is -2.28. The molecule has 3 rings (SSSR count). The summed E-state index contributed by atoms with van der Waals surface area (Å²) < 4.78 is 25.2. The molecule has 0 radical (unpaired) electrons. The molecule has 0 saturated heterocycles. The molecular formula is C17H14F2N2O2S2. The van der Waals surface area contributed by atoms with Crippen molar-refractivity contribution < 1.29 is 18.4 Å². The van der Waals surface area contributed by atoms with E-state index in [4.69, 9.17) is 0 Å². The Morgan fingerprint density at radius 1 is 1.20 bits per heavy atom. The monoisotopic (exact) mass is 380 g/mol. The maximum atomic E-state index is 12.6. The summed E-state index contributed by atoms with van der Waals surface area (Å²) in [6.07, 6.45) is 0. The van der Waals surface area contributed by atoms with E-state index in [9.17, 15) is 18.4 Å². The highest BCUT2D eigenvalue weighted by molar-refractivity contribution is 8.00. The highest BCUT2D eigenvalue weighted by Crippen LogP contribution is 2.35. The van der Waals surface area contributed by atoms with Gasteiger partial charge in [0.05, 0.1) is 17.1 Å². The van der Waals surface area contributed by atoms with E-state index in [1.807, 2.05) is 12.1 Å². The van der Waals surface area contributed by atoms with Crippen LogP contribution in [0.4, 0.5) is 20.2 Å². The molecule has 8 heteroatoms. The van der Waals surface area contributed by atoms with Crippen LogP contribution >= 0.6 is 23.5 Å². The molecule has 0 unspecified atom stereocenters. The normalized spacial score (nSPS) is 13.7. The van der Waals surface area contributed by atoms with E-state index in [0.29, 0.717) is 23.1 Å². The zero-order valence-electron chi connectivity index (χ0n) is 12.9. The van der Waals surface area contributed by atoms with Gasteiger partial charge in [-0.25, -0.2) is 0 Å². The zero-order chi connectivity index (χ0) is 17.8. The zero-order valence-corrected chi connectivity index (χ0v) is 14.6. The molecule has 0 bridgehead atoms. The summed E-state index contributed by atoms with van der Waals surface area (Å²) in [5.41, 5.74) is 0.999. The van der Waals surface area contributed by atoms with E-state index in [1.54, 1.807) is 30.3 Å². The van der Waals surface area contributed by atoms with Crippen LogP contribution in [0.5, 0.6) is 0 Å². The van der Waals surface area contributed by atoms with Gasteiger partial charge < -0.3 is 10.2 Å². The van der Waals surface area contributed by atoms with Crippen molar-refractivity contribution in [1.29, 1.82) is 0 Å². The first-order valence-electron chi connectivity index (χ1n) is 7.40. The number of carbonyl (C=O) groups excluding carboxylic acids is 2. The minimum atomic E-state index is -2.58. The highest BCUT2D eigenvalue weighted by Gasteiger charge is 2.26. The van der Waals surface area contributed by atoms with Gasteiger partial charge in [-0.1, -0.05) is 36.0 Å². The van der Waals surface area contributed by atoms with Gasteiger partial charge in [0.15, 0.2) is 0 Å². The number of anilines is 2. The molecule has 1 aliphatic heterocycles. The molecule has 0 aliphatic carbocycles. The number of carbonyl (C=O) groups is 2. The summed E-state index contributed by atoms with van der Waals surface area (Å²) in [6, 6.07) is 13.7. The van der Waals surface area contributed by atoms with Crippen molar-refractivity contribution in [2.45, 2.75) is 15.5 Å². The second-order valence-electron chi connectivity index (χ2n) is 5.16. The third kappa shape index (κ3) is 4.32. The fourth-order valence-electron chi connectivity index (χ4n) is 2.43. The van der Waals surface area contributed by atoms with Gasteiger partial charge in [0.1, 0.15) is 6.54 Å². The Morgan fingerprint density at radius 3 is 2.72 bits per heavy atom. The average Bonchev–Trinajstić information content (AvgIpc) is 2.59. The largest absolute Gasteiger partial charge is 0.324 e. The molecule has 4 nitrogen and oxygen atoms in total. The molecular weight excluding hydrogens is 366 g/mol. The quantitative estimate of drug-likeness (QED) is 0.794. The highest BCUT2D eigenvalue weighted by atomic mass is 32.2. The molecule has 2 amide bonds. The lowest BCUT2D eigenvalue weighted by Crippen LogP contribution is -2.41. The van der Waals surface area contributed by atoms with E-state index in [2.05, 4.69) is 5.32 Å². The van der Waals surface area contributed by atoms with Crippen LogP contribution in [0.2, 0.25) is 0 Å². The number of alkyl halides is 2. The van der Waals surface area contributed by atoms with Crippen molar-refractivity contribution in [2.24, 2.45) is 0 Å². The van der Waals surface area contributed by atoms with Crippen LogP contribution in [0.1, 0.15) is 0 Å². The number of nitrogens with one attached hydrogen (secondary N) is 1. The SMILES string of the molecule is O=C(CN1C(=O)CSc2ccccc21)Nc1ccccc1SC(F)F. The topological polar surface area (TPSA) is 49.4 Å². The summed E-state index contributed by atoms with van der Waals surface area (Å²) in [7, 11) is 0. The third-order valence-electron chi connectivity index (χ3n) is 3.49. The fraction of sp³-hybridized carbons (Fsp3) is 0.176. The first-order valence-corrected chi connectivity index (χ1v) is 9.27. The third-order valence-corrected chi connectivity index (χ3v) is 5.32. The standard InChI is InChI=1S/C17H14F2N2O2S2/c18-17(19)25-13-7-3-1-5-11(13)20-15(22)9-21-12-6-2-4-8-14(12)24-10-16(21)23/h1-8,17H,9-10H2,(H,20,22). The van der Waals surface area contributed by atoms with E-state index >= 15 is 0 Å². The lowest BCUT2D eigenvalue weighted by molar-refractivity contribution is -0.120. The van der Waals surface area contributed by atoms with Crippen molar-refractivity contribution in [3.63, 3.8) is 0 Å². The number of benzene rings is 2. The molecule has 1 heterocycles. The predicted molar refractivity (Wildman–Crippen MR) is 96.5 cm³/mol. The van der Waals surface area contributed by atoms with Crippen molar-refractivity contribution in [3.8, 4) is 0 Å². The Bertz CT molecular complexity index is 802. The van der Waals surface area contributed by atoms with Crippen LogP contribution in [0.25, 0.3) is 0 Å². The molecule has 2 aromatic rings. The molecule has 130 valence electrons. The van der Waals surface area contributed by atoms with E-state index in [0.717, 1.165) is 4.90 Å². The molecule has 1 aliphatic rings. The average molecular weight is 380 g/mol. The van der Waals surface area contributed by atoms with Gasteiger partial charge in [0.25, 0.3) is 5.76 Å². The Morgan fingerprint density at radius 2 is 1.92 bits per heavy atom. The first kappa shape index (κ1) is 17.8. The number of fused-ring (bicyclic) bond motifs is 1. The van der Waals surface area contributed by atoms with Gasteiger partial charge >= 0.3 is 0 Å². The van der Waals surface area contributed by atoms with Gasteiger partial charge in [-0.15, -0.1) is 11.8 Å². The summed E-state index contributed by atoms with van der Waals surface area (Å²) in [5.74, 6) is -2.90. The molecule has 1 N–H and O–H groups in total. The van der Waals surface area contributed by atoms with Crippen molar-refractivity contribution in [2.75, 3.05) is 22.5 Å². The lowest BCUT2D eigenvalue weighted by atomic mass is 10.2. The van der Waals surface area contributed by atoms with E-state index in [1.165, 1.54) is 22.7 Å². The van der Waals surface area contributed by atoms with Gasteiger partial charge in [-0.05, 0) is 24.3 Å². The van der Waals surface area contributed by atoms with Crippen LogP contribution < -0.4 is 10.2 Å². The number of thioether (sulfide) groups is 2. The van der Waals surface area contributed by atoms with Crippen LogP contribution in [0.15, 0.2) is 58.3 Å². The summed E-state index contributed by atoms with van der Waals surface area (Å²) >= 11 is 1.80. The predicted octanol–water partition coefficient (Wildman–Crippen LogP) is 4.08. The number of para-hydroxylation sites is 2. The Hall–Kier alpha value is -2.06. The number of amides is 2. The fourth-order valence-corrected chi connectivity index (χ4v) is 3.96. The van der Waals surface area contributed by atoms with E-state index in [-0.39, 0.29) is 23.1 Å². The van der Waals surface area contributed by atoms with Crippen LogP contribution in [0.3, 0.4) is 0 Å². The van der Waals surface area contributed by atoms with E-state index < -0.39 is 11.7 Å². The summed E-state index contributed by atoms with van der Waals surface area (Å²) in [6.45, 7) is -0.163. The number of hydrogen-bond acceptors (Lipinski definition) is 4. The molecule has 0 saturated carbocycles. The number of halogens is 2. The number of rotatable bonds is 5. The van der Waals surface area contributed by atoms with Gasteiger partial charge in [-0.3, -0.25) is 9.59 Å². The first-order chi connectivity index (χ1) is 12.0. The number of nitrogens with zero attached hydrogens (tertiary/aromatic N) is 1. The molecule has 0 atom stereocenters. The molecule has 2 aromatic carbocycles.